The molecular formula is C15H17ClN2. The van der Waals surface area contributed by atoms with Gasteiger partial charge in [-0.2, -0.15) is 5.10 Å². The molecule has 1 heterocycles. The van der Waals surface area contributed by atoms with Gasteiger partial charge >= 0.3 is 0 Å². The number of aromatic nitrogens is 2. The summed E-state index contributed by atoms with van der Waals surface area (Å²) in [6, 6.07) is 10.3. The standard InChI is InChI=1S/C15H17ClN2/c1-11-6-8-13(9-7-11)18-15(16)10-14(17-18)12-4-2-3-5-12/h6-10,12H,2-5H2,1H3. The van der Waals surface area contributed by atoms with Gasteiger partial charge in [-0.05, 0) is 38.0 Å². The molecule has 3 rings (SSSR count). The van der Waals surface area contributed by atoms with Crippen LogP contribution >= 0.6 is 11.6 Å². The number of halogens is 1. The maximum absolute atomic E-state index is 6.30. The van der Waals surface area contributed by atoms with Crippen molar-refractivity contribution in [1.82, 2.24) is 9.78 Å². The van der Waals surface area contributed by atoms with E-state index < -0.39 is 0 Å². The van der Waals surface area contributed by atoms with E-state index in [1.807, 2.05) is 10.7 Å². The van der Waals surface area contributed by atoms with E-state index in [4.69, 9.17) is 11.6 Å². The van der Waals surface area contributed by atoms with Crippen LogP contribution in [0.3, 0.4) is 0 Å². The summed E-state index contributed by atoms with van der Waals surface area (Å²) >= 11 is 6.30. The monoisotopic (exact) mass is 260 g/mol. The third kappa shape index (κ3) is 2.17. The highest BCUT2D eigenvalue weighted by molar-refractivity contribution is 6.29. The number of rotatable bonds is 2. The third-order valence-corrected chi connectivity index (χ3v) is 4.01. The van der Waals surface area contributed by atoms with Crippen molar-refractivity contribution in [2.24, 2.45) is 0 Å². The van der Waals surface area contributed by atoms with Gasteiger partial charge in [0.25, 0.3) is 0 Å². The predicted molar refractivity (Wildman–Crippen MR) is 74.5 cm³/mol. The molecule has 1 fully saturated rings. The highest BCUT2D eigenvalue weighted by Gasteiger charge is 2.21. The van der Waals surface area contributed by atoms with Crippen molar-refractivity contribution < 1.29 is 0 Å². The number of nitrogens with zero attached hydrogens (tertiary/aromatic N) is 2. The zero-order valence-corrected chi connectivity index (χ0v) is 11.3. The van der Waals surface area contributed by atoms with Crippen molar-refractivity contribution in [2.45, 2.75) is 38.5 Å². The Labute approximate surface area is 113 Å². The Balaban J connectivity index is 1.94. The summed E-state index contributed by atoms with van der Waals surface area (Å²) in [5.41, 5.74) is 3.44. The minimum atomic E-state index is 0.606. The Hall–Kier alpha value is -1.28. The molecule has 18 heavy (non-hydrogen) atoms. The molecule has 0 spiro atoms. The molecule has 0 N–H and O–H groups in total. The Kier molecular flexibility index (Phi) is 3.13. The van der Waals surface area contributed by atoms with Crippen molar-refractivity contribution in [3.63, 3.8) is 0 Å². The highest BCUT2D eigenvalue weighted by Crippen LogP contribution is 2.34. The Morgan fingerprint density at radius 3 is 2.50 bits per heavy atom. The van der Waals surface area contributed by atoms with Gasteiger partial charge in [-0.3, -0.25) is 0 Å². The van der Waals surface area contributed by atoms with Gasteiger partial charge in [-0.1, -0.05) is 42.1 Å². The van der Waals surface area contributed by atoms with Gasteiger partial charge in [0.2, 0.25) is 0 Å². The molecule has 2 aromatic rings. The molecular weight excluding hydrogens is 244 g/mol. The van der Waals surface area contributed by atoms with E-state index in [0.29, 0.717) is 11.1 Å². The van der Waals surface area contributed by atoms with Crippen LogP contribution in [0.15, 0.2) is 30.3 Å². The van der Waals surface area contributed by atoms with Crippen molar-refractivity contribution >= 4 is 11.6 Å². The molecule has 1 aromatic carbocycles. The van der Waals surface area contributed by atoms with Gasteiger partial charge in [-0.25, -0.2) is 4.68 Å². The Morgan fingerprint density at radius 2 is 1.83 bits per heavy atom. The van der Waals surface area contributed by atoms with E-state index in [2.05, 4.69) is 36.3 Å². The lowest BCUT2D eigenvalue weighted by Gasteiger charge is -2.05. The average Bonchev–Trinajstić information content (AvgIpc) is 2.99. The van der Waals surface area contributed by atoms with E-state index in [-0.39, 0.29) is 0 Å². The summed E-state index contributed by atoms with van der Waals surface area (Å²) in [5, 5.41) is 5.39. The SMILES string of the molecule is Cc1ccc(-n2nc(C3CCCC3)cc2Cl)cc1. The van der Waals surface area contributed by atoms with Crippen molar-refractivity contribution in [1.29, 1.82) is 0 Å². The molecule has 1 saturated carbocycles. The van der Waals surface area contributed by atoms with Gasteiger partial charge in [0.15, 0.2) is 0 Å². The third-order valence-electron chi connectivity index (χ3n) is 3.74. The summed E-state index contributed by atoms with van der Waals surface area (Å²) in [4.78, 5) is 0. The lowest BCUT2D eigenvalue weighted by molar-refractivity contribution is 0.679. The highest BCUT2D eigenvalue weighted by atomic mass is 35.5. The molecule has 94 valence electrons. The molecule has 0 unspecified atom stereocenters. The van der Waals surface area contributed by atoms with Gasteiger partial charge in [0.1, 0.15) is 5.15 Å². The maximum Gasteiger partial charge on any atom is 0.133 e. The van der Waals surface area contributed by atoms with Crippen molar-refractivity contribution in [3.05, 3.63) is 46.7 Å². The molecule has 1 aliphatic carbocycles. The fourth-order valence-electron chi connectivity index (χ4n) is 2.66. The molecule has 3 heteroatoms. The topological polar surface area (TPSA) is 17.8 Å². The largest absolute Gasteiger partial charge is 0.222 e. The van der Waals surface area contributed by atoms with Crippen LogP contribution in [0.4, 0.5) is 0 Å². The molecule has 2 nitrogen and oxygen atoms in total. The minimum Gasteiger partial charge on any atom is -0.222 e. The maximum atomic E-state index is 6.30. The second kappa shape index (κ2) is 4.77. The van der Waals surface area contributed by atoms with Crippen LogP contribution in [-0.4, -0.2) is 9.78 Å². The van der Waals surface area contributed by atoms with Crippen LogP contribution in [0.2, 0.25) is 5.15 Å². The smallest absolute Gasteiger partial charge is 0.133 e. The van der Waals surface area contributed by atoms with Crippen LogP contribution in [-0.2, 0) is 0 Å². The summed E-state index contributed by atoms with van der Waals surface area (Å²) < 4.78 is 1.84. The Bertz CT molecular complexity index is 536. The van der Waals surface area contributed by atoms with E-state index in [9.17, 15) is 0 Å². The van der Waals surface area contributed by atoms with Crippen LogP contribution in [0.1, 0.15) is 42.9 Å². The second-order valence-corrected chi connectivity index (χ2v) is 5.51. The summed E-state index contributed by atoms with van der Waals surface area (Å²) in [5.74, 6) is 0.606. The van der Waals surface area contributed by atoms with E-state index in [0.717, 1.165) is 11.4 Å². The lowest BCUT2D eigenvalue weighted by Crippen LogP contribution is -1.99. The van der Waals surface area contributed by atoms with Crippen LogP contribution in [0.25, 0.3) is 5.69 Å². The molecule has 0 atom stereocenters. The van der Waals surface area contributed by atoms with Gasteiger partial charge in [0.05, 0.1) is 11.4 Å². The summed E-state index contributed by atoms with van der Waals surface area (Å²) in [6.45, 7) is 2.08. The molecule has 0 amide bonds. The molecule has 0 radical (unpaired) electrons. The number of aryl methyl sites for hydroxylation is 1. The fraction of sp³-hybridized carbons (Fsp3) is 0.400. The lowest BCUT2D eigenvalue weighted by atomic mass is 10.1. The minimum absolute atomic E-state index is 0.606. The van der Waals surface area contributed by atoms with Crippen molar-refractivity contribution in [2.75, 3.05) is 0 Å². The van der Waals surface area contributed by atoms with Crippen LogP contribution in [0, 0.1) is 6.92 Å². The zero-order valence-electron chi connectivity index (χ0n) is 10.6. The molecule has 1 aliphatic rings. The van der Waals surface area contributed by atoms with E-state index in [1.165, 1.54) is 31.2 Å². The summed E-state index contributed by atoms with van der Waals surface area (Å²) in [6.07, 6.45) is 5.14. The van der Waals surface area contributed by atoms with E-state index >= 15 is 0 Å². The first-order valence-electron chi connectivity index (χ1n) is 6.56. The fourth-order valence-corrected chi connectivity index (χ4v) is 2.91. The molecule has 1 aromatic heterocycles. The van der Waals surface area contributed by atoms with Gasteiger partial charge in [-0.15, -0.1) is 0 Å². The Morgan fingerprint density at radius 1 is 1.17 bits per heavy atom. The van der Waals surface area contributed by atoms with E-state index in [1.54, 1.807) is 0 Å². The van der Waals surface area contributed by atoms with Gasteiger partial charge < -0.3 is 0 Å². The van der Waals surface area contributed by atoms with Crippen molar-refractivity contribution in [3.8, 4) is 5.69 Å². The van der Waals surface area contributed by atoms with Crippen LogP contribution < -0.4 is 0 Å². The molecule has 0 bridgehead atoms. The predicted octanol–water partition coefficient (Wildman–Crippen LogP) is 4.49. The number of hydrogen-bond donors (Lipinski definition) is 0. The summed E-state index contributed by atoms with van der Waals surface area (Å²) in [7, 11) is 0. The molecule has 0 aliphatic heterocycles. The first kappa shape index (κ1) is 11.8. The van der Waals surface area contributed by atoms with Crippen LogP contribution in [0.5, 0.6) is 0 Å². The quantitative estimate of drug-likeness (QED) is 0.778. The number of hydrogen-bond acceptors (Lipinski definition) is 1. The first-order chi connectivity index (χ1) is 8.74. The normalized spacial score (nSPS) is 16.3. The number of benzene rings is 1. The first-order valence-corrected chi connectivity index (χ1v) is 6.94. The zero-order chi connectivity index (χ0) is 12.5. The molecule has 0 saturated heterocycles. The van der Waals surface area contributed by atoms with Gasteiger partial charge in [0, 0.05) is 5.92 Å². The average molecular weight is 261 g/mol. The second-order valence-electron chi connectivity index (χ2n) is 5.12.